The first-order chi connectivity index (χ1) is 11.5. The number of nitrogens with zero attached hydrogens (tertiary/aromatic N) is 3. The number of rotatable bonds is 6. The van der Waals surface area contributed by atoms with Gasteiger partial charge < -0.3 is 9.47 Å². The quantitative estimate of drug-likeness (QED) is 0.882. The van der Waals surface area contributed by atoms with Crippen LogP contribution < -0.4 is 4.74 Å². The van der Waals surface area contributed by atoms with Gasteiger partial charge in [0, 0.05) is 20.2 Å². The topological polar surface area (TPSA) is 63.3 Å². The Bertz CT molecular complexity index is 653. The molecule has 1 aliphatic rings. The Balaban J connectivity index is 1.71. The molecule has 0 bridgehead atoms. The lowest BCUT2D eigenvalue weighted by atomic mass is 10.1. The van der Waals surface area contributed by atoms with Crippen molar-refractivity contribution in [3.8, 4) is 5.75 Å². The molecule has 0 spiro atoms. The van der Waals surface area contributed by atoms with Gasteiger partial charge in [-0.3, -0.25) is 10.00 Å². The Morgan fingerprint density at radius 2 is 2.04 bits per heavy atom. The van der Waals surface area contributed by atoms with Crippen molar-refractivity contribution in [1.82, 2.24) is 20.1 Å². The number of aryl methyl sites for hydroxylation is 1. The molecule has 0 unspecified atom stereocenters. The molecule has 2 atom stereocenters. The fraction of sp³-hybridized carbons (Fsp3) is 0.556. The Morgan fingerprint density at radius 1 is 1.29 bits per heavy atom. The van der Waals surface area contributed by atoms with Gasteiger partial charge in [0.1, 0.15) is 11.6 Å². The van der Waals surface area contributed by atoms with Crippen LogP contribution >= 0.6 is 0 Å². The van der Waals surface area contributed by atoms with Crippen LogP contribution in [0.25, 0.3) is 0 Å². The van der Waals surface area contributed by atoms with Crippen molar-refractivity contribution in [3.63, 3.8) is 0 Å². The molecule has 0 amide bonds. The van der Waals surface area contributed by atoms with Gasteiger partial charge >= 0.3 is 0 Å². The Kier molecular flexibility index (Phi) is 5.16. The van der Waals surface area contributed by atoms with E-state index in [1.807, 2.05) is 32.9 Å². The summed E-state index contributed by atoms with van der Waals surface area (Å²) in [6, 6.07) is 8.50. The third-order valence-electron chi connectivity index (χ3n) is 4.29. The number of aromatic nitrogens is 3. The highest BCUT2D eigenvalue weighted by molar-refractivity contribution is 5.27. The third kappa shape index (κ3) is 3.94. The average molecular weight is 330 g/mol. The number of methoxy groups -OCH3 is 1. The minimum absolute atomic E-state index is 0.187. The number of H-pyrrole nitrogens is 1. The van der Waals surface area contributed by atoms with Crippen molar-refractivity contribution < 1.29 is 9.47 Å². The smallest absolute Gasteiger partial charge is 0.167 e. The zero-order valence-corrected chi connectivity index (χ0v) is 14.8. The van der Waals surface area contributed by atoms with Crippen molar-refractivity contribution in [1.29, 1.82) is 0 Å². The van der Waals surface area contributed by atoms with Crippen molar-refractivity contribution >= 4 is 0 Å². The molecule has 1 aromatic carbocycles. The predicted molar refractivity (Wildman–Crippen MR) is 91.9 cm³/mol. The highest BCUT2D eigenvalue weighted by Gasteiger charge is 2.35. The number of hydrogen-bond donors (Lipinski definition) is 1. The highest BCUT2D eigenvalue weighted by Crippen LogP contribution is 2.33. The van der Waals surface area contributed by atoms with Crippen LogP contribution in [0, 0.1) is 6.92 Å². The minimum atomic E-state index is 0.187. The standard InChI is InChI=1S/C18H26N4O2/c1-12(2)24-15-7-5-14(6-8-15)10-22-11-16(23-4)9-17(22)18-19-13(3)20-21-18/h5-8,12,16-17H,9-11H2,1-4H3,(H,19,20,21)/t16-,17-/m0/s1. The molecule has 2 aromatic rings. The first-order valence-corrected chi connectivity index (χ1v) is 8.46. The molecule has 2 heterocycles. The first-order valence-electron chi connectivity index (χ1n) is 8.46. The molecule has 0 saturated carbocycles. The summed E-state index contributed by atoms with van der Waals surface area (Å²) < 4.78 is 11.3. The van der Waals surface area contributed by atoms with Crippen LogP contribution in [0.3, 0.4) is 0 Å². The first kappa shape index (κ1) is 16.9. The predicted octanol–water partition coefficient (Wildman–Crippen LogP) is 2.86. The summed E-state index contributed by atoms with van der Waals surface area (Å²) in [6.07, 6.45) is 1.33. The van der Waals surface area contributed by atoms with E-state index in [1.165, 1.54) is 5.56 Å². The van der Waals surface area contributed by atoms with Crippen LogP contribution in [0.5, 0.6) is 5.75 Å². The maximum Gasteiger partial charge on any atom is 0.167 e. The summed E-state index contributed by atoms with van der Waals surface area (Å²) >= 11 is 0. The normalized spacial score (nSPS) is 21.5. The molecular weight excluding hydrogens is 304 g/mol. The summed E-state index contributed by atoms with van der Waals surface area (Å²) in [5.41, 5.74) is 1.25. The van der Waals surface area contributed by atoms with Gasteiger partial charge in [0.25, 0.3) is 0 Å². The van der Waals surface area contributed by atoms with Crippen molar-refractivity contribution in [3.05, 3.63) is 41.5 Å². The summed E-state index contributed by atoms with van der Waals surface area (Å²) in [6.45, 7) is 7.73. The molecule has 1 N–H and O–H groups in total. The van der Waals surface area contributed by atoms with E-state index in [-0.39, 0.29) is 18.2 Å². The molecule has 1 saturated heterocycles. The number of benzene rings is 1. The van der Waals surface area contributed by atoms with E-state index in [0.29, 0.717) is 0 Å². The van der Waals surface area contributed by atoms with Crippen molar-refractivity contribution in [2.24, 2.45) is 0 Å². The summed E-state index contributed by atoms with van der Waals surface area (Å²) in [4.78, 5) is 6.90. The van der Waals surface area contributed by atoms with Gasteiger partial charge in [-0.15, -0.1) is 0 Å². The summed E-state index contributed by atoms with van der Waals surface area (Å²) in [7, 11) is 1.77. The second kappa shape index (κ2) is 7.32. The Labute approximate surface area is 143 Å². The van der Waals surface area contributed by atoms with Gasteiger partial charge in [-0.25, -0.2) is 4.98 Å². The highest BCUT2D eigenvalue weighted by atomic mass is 16.5. The van der Waals surface area contributed by atoms with Crippen LogP contribution in [0.1, 0.15) is 43.5 Å². The maximum atomic E-state index is 5.71. The molecule has 1 aliphatic heterocycles. The maximum absolute atomic E-state index is 5.71. The Hall–Kier alpha value is -1.92. The van der Waals surface area contributed by atoms with Crippen molar-refractivity contribution in [2.75, 3.05) is 13.7 Å². The van der Waals surface area contributed by atoms with Gasteiger partial charge in [0.15, 0.2) is 5.82 Å². The molecule has 1 fully saturated rings. The van der Waals surface area contributed by atoms with Crippen LogP contribution in [-0.2, 0) is 11.3 Å². The SMILES string of the molecule is CO[C@H]1C[C@@H](c2n[nH]c(C)n2)N(Cc2ccc(OC(C)C)cc2)C1. The molecule has 24 heavy (non-hydrogen) atoms. The lowest BCUT2D eigenvalue weighted by Gasteiger charge is -2.22. The monoisotopic (exact) mass is 330 g/mol. The van der Waals surface area contributed by atoms with Crippen LogP contribution in [0.4, 0.5) is 0 Å². The van der Waals surface area contributed by atoms with E-state index in [1.54, 1.807) is 7.11 Å². The second-order valence-corrected chi connectivity index (χ2v) is 6.63. The molecular formula is C18H26N4O2. The van der Waals surface area contributed by atoms with Crippen LogP contribution in [0.15, 0.2) is 24.3 Å². The molecule has 1 aromatic heterocycles. The van der Waals surface area contributed by atoms with Gasteiger partial charge in [-0.2, -0.15) is 5.10 Å². The molecule has 0 aliphatic carbocycles. The van der Waals surface area contributed by atoms with Crippen LogP contribution in [-0.4, -0.2) is 45.9 Å². The Morgan fingerprint density at radius 3 is 2.62 bits per heavy atom. The average Bonchev–Trinajstić information content (AvgIpc) is 3.14. The van der Waals surface area contributed by atoms with E-state index < -0.39 is 0 Å². The molecule has 130 valence electrons. The molecule has 6 nitrogen and oxygen atoms in total. The van der Waals surface area contributed by atoms with E-state index >= 15 is 0 Å². The zero-order valence-electron chi connectivity index (χ0n) is 14.8. The lowest BCUT2D eigenvalue weighted by Crippen LogP contribution is -2.25. The molecule has 6 heteroatoms. The van der Waals surface area contributed by atoms with E-state index in [0.717, 1.165) is 36.9 Å². The second-order valence-electron chi connectivity index (χ2n) is 6.63. The minimum Gasteiger partial charge on any atom is -0.491 e. The van der Waals surface area contributed by atoms with E-state index in [2.05, 4.69) is 32.2 Å². The fourth-order valence-electron chi connectivity index (χ4n) is 3.16. The molecule has 3 rings (SSSR count). The van der Waals surface area contributed by atoms with Gasteiger partial charge in [-0.1, -0.05) is 12.1 Å². The number of hydrogen-bond acceptors (Lipinski definition) is 5. The van der Waals surface area contributed by atoms with E-state index in [9.17, 15) is 0 Å². The lowest BCUT2D eigenvalue weighted by molar-refractivity contribution is 0.107. The van der Waals surface area contributed by atoms with E-state index in [4.69, 9.17) is 9.47 Å². The molecule has 0 radical (unpaired) electrons. The van der Waals surface area contributed by atoms with Gasteiger partial charge in [-0.05, 0) is 44.9 Å². The number of nitrogens with one attached hydrogen (secondary N) is 1. The number of likely N-dealkylation sites (tertiary alicyclic amines) is 1. The number of aromatic amines is 1. The van der Waals surface area contributed by atoms with Gasteiger partial charge in [0.05, 0.1) is 18.2 Å². The summed E-state index contributed by atoms with van der Waals surface area (Å²) in [5.74, 6) is 2.61. The third-order valence-corrected chi connectivity index (χ3v) is 4.29. The van der Waals surface area contributed by atoms with Gasteiger partial charge in [0.2, 0.25) is 0 Å². The van der Waals surface area contributed by atoms with Crippen LogP contribution in [0.2, 0.25) is 0 Å². The van der Waals surface area contributed by atoms with Crippen molar-refractivity contribution in [2.45, 2.75) is 52.0 Å². The summed E-state index contributed by atoms with van der Waals surface area (Å²) in [5, 5.41) is 7.30. The fourth-order valence-corrected chi connectivity index (χ4v) is 3.16. The number of ether oxygens (including phenoxy) is 2. The zero-order chi connectivity index (χ0) is 17.1. The largest absolute Gasteiger partial charge is 0.491 e.